The predicted octanol–water partition coefficient (Wildman–Crippen LogP) is 2.86. The van der Waals surface area contributed by atoms with Crippen LogP contribution in [0.3, 0.4) is 0 Å². The highest BCUT2D eigenvalue weighted by Crippen LogP contribution is 2.37. The normalized spacial score (nSPS) is 10.7. The lowest BCUT2D eigenvalue weighted by Gasteiger charge is -2.12. The van der Waals surface area contributed by atoms with E-state index in [0.717, 1.165) is 6.42 Å². The number of hydrogen-bond donors (Lipinski definition) is 0. The maximum absolute atomic E-state index is 5.71. The molecule has 0 atom stereocenters. The fourth-order valence-corrected chi connectivity index (χ4v) is 1.89. The molecule has 0 aliphatic rings. The first kappa shape index (κ1) is 15.2. The van der Waals surface area contributed by atoms with Gasteiger partial charge in [0.25, 0.3) is 5.89 Å². The van der Waals surface area contributed by atoms with E-state index in [9.17, 15) is 0 Å². The number of nitrogens with zero attached hydrogens (tertiary/aromatic N) is 2. The molecule has 0 aliphatic carbocycles. The van der Waals surface area contributed by atoms with Gasteiger partial charge in [-0.25, -0.2) is 0 Å². The topological polar surface area (TPSA) is 66.6 Å². The summed E-state index contributed by atoms with van der Waals surface area (Å²) in [5, 5.41) is 3.93. The number of ether oxygens (including phenoxy) is 3. The van der Waals surface area contributed by atoms with Crippen LogP contribution in [-0.2, 0) is 13.0 Å². The Bertz CT molecular complexity index is 559. The highest BCUT2D eigenvalue weighted by Gasteiger charge is 2.14. The summed E-state index contributed by atoms with van der Waals surface area (Å²) in [7, 11) is 3.16. The van der Waals surface area contributed by atoms with Crippen LogP contribution in [0.5, 0.6) is 17.2 Å². The van der Waals surface area contributed by atoms with E-state index in [0.29, 0.717) is 34.9 Å². The molecule has 0 aliphatic heterocycles. The molecular weight excluding hydrogens is 272 g/mol. The van der Waals surface area contributed by atoms with Crippen LogP contribution in [0.25, 0.3) is 0 Å². The molecule has 1 aromatic heterocycles. The van der Waals surface area contributed by atoms with Crippen molar-refractivity contribution in [2.75, 3.05) is 14.2 Å². The highest BCUT2D eigenvalue weighted by molar-refractivity contribution is 5.51. The first-order chi connectivity index (χ1) is 10.1. The van der Waals surface area contributed by atoms with Crippen LogP contribution in [0.15, 0.2) is 22.7 Å². The van der Waals surface area contributed by atoms with Gasteiger partial charge in [0, 0.05) is 6.42 Å². The van der Waals surface area contributed by atoms with Crippen molar-refractivity contribution in [1.29, 1.82) is 0 Å². The summed E-state index contributed by atoms with van der Waals surface area (Å²) in [6, 6.07) is 5.43. The first-order valence-electron chi connectivity index (χ1n) is 6.79. The highest BCUT2D eigenvalue weighted by atomic mass is 16.5. The Hall–Kier alpha value is -2.24. The number of benzene rings is 1. The van der Waals surface area contributed by atoms with Gasteiger partial charge in [-0.05, 0) is 18.1 Å². The molecule has 0 bridgehead atoms. The molecule has 0 unspecified atom stereocenters. The van der Waals surface area contributed by atoms with Gasteiger partial charge in [0.2, 0.25) is 5.75 Å². The third-order valence-corrected chi connectivity index (χ3v) is 2.82. The SMILES string of the molecule is COc1cccc(OC)c1OCc1nc(CC(C)C)no1. The minimum Gasteiger partial charge on any atom is -0.493 e. The maximum atomic E-state index is 5.71. The van der Waals surface area contributed by atoms with E-state index >= 15 is 0 Å². The standard InChI is InChI=1S/C15H20N2O4/c1-10(2)8-13-16-14(21-17-13)9-20-15-11(18-3)6-5-7-12(15)19-4/h5-7,10H,8-9H2,1-4H3. The molecule has 2 aromatic rings. The molecule has 0 saturated heterocycles. The van der Waals surface area contributed by atoms with Crippen molar-refractivity contribution in [3.63, 3.8) is 0 Å². The summed E-state index contributed by atoms with van der Waals surface area (Å²) in [5.74, 6) is 3.30. The molecule has 2 rings (SSSR count). The predicted molar refractivity (Wildman–Crippen MR) is 76.7 cm³/mol. The minimum atomic E-state index is 0.168. The van der Waals surface area contributed by atoms with Crippen LogP contribution in [-0.4, -0.2) is 24.4 Å². The lowest BCUT2D eigenvalue weighted by molar-refractivity contribution is 0.223. The van der Waals surface area contributed by atoms with Crippen LogP contribution in [0.1, 0.15) is 25.6 Å². The molecular formula is C15H20N2O4. The van der Waals surface area contributed by atoms with Crippen molar-refractivity contribution in [2.45, 2.75) is 26.9 Å². The zero-order valence-corrected chi connectivity index (χ0v) is 12.8. The van der Waals surface area contributed by atoms with E-state index < -0.39 is 0 Å². The van der Waals surface area contributed by atoms with E-state index in [2.05, 4.69) is 24.0 Å². The lowest BCUT2D eigenvalue weighted by Crippen LogP contribution is -2.01. The zero-order valence-electron chi connectivity index (χ0n) is 12.8. The quantitative estimate of drug-likeness (QED) is 0.781. The first-order valence-corrected chi connectivity index (χ1v) is 6.79. The molecule has 0 amide bonds. The second-order valence-corrected chi connectivity index (χ2v) is 4.98. The summed E-state index contributed by atoms with van der Waals surface area (Å²) in [6.07, 6.45) is 0.779. The fourth-order valence-electron chi connectivity index (χ4n) is 1.89. The Kier molecular flexibility index (Phi) is 5.03. The Balaban J connectivity index is 2.07. The molecule has 0 saturated carbocycles. The van der Waals surface area contributed by atoms with Crippen LogP contribution in [0.2, 0.25) is 0 Å². The summed E-state index contributed by atoms with van der Waals surface area (Å²) >= 11 is 0. The van der Waals surface area contributed by atoms with E-state index in [1.54, 1.807) is 26.4 Å². The van der Waals surface area contributed by atoms with E-state index in [-0.39, 0.29) is 6.61 Å². The van der Waals surface area contributed by atoms with Crippen molar-refractivity contribution >= 4 is 0 Å². The van der Waals surface area contributed by atoms with Gasteiger partial charge in [-0.3, -0.25) is 0 Å². The molecule has 1 aromatic carbocycles. The molecule has 114 valence electrons. The van der Waals surface area contributed by atoms with Crippen molar-refractivity contribution in [3.05, 3.63) is 29.9 Å². The molecule has 0 N–H and O–H groups in total. The number of methoxy groups -OCH3 is 2. The van der Waals surface area contributed by atoms with Crippen LogP contribution in [0, 0.1) is 5.92 Å². The van der Waals surface area contributed by atoms with Crippen LogP contribution in [0.4, 0.5) is 0 Å². The molecule has 21 heavy (non-hydrogen) atoms. The smallest absolute Gasteiger partial charge is 0.264 e. The number of para-hydroxylation sites is 1. The van der Waals surface area contributed by atoms with Crippen molar-refractivity contribution in [1.82, 2.24) is 10.1 Å². The lowest BCUT2D eigenvalue weighted by atomic mass is 10.1. The monoisotopic (exact) mass is 292 g/mol. The summed E-state index contributed by atoms with van der Waals surface area (Å²) < 4.78 is 21.4. The molecule has 6 nitrogen and oxygen atoms in total. The molecule has 0 radical (unpaired) electrons. The van der Waals surface area contributed by atoms with Gasteiger partial charge in [-0.2, -0.15) is 4.98 Å². The number of rotatable bonds is 7. The zero-order chi connectivity index (χ0) is 15.2. The van der Waals surface area contributed by atoms with E-state index in [1.807, 2.05) is 6.07 Å². The third-order valence-electron chi connectivity index (χ3n) is 2.82. The van der Waals surface area contributed by atoms with Crippen molar-refractivity contribution in [3.8, 4) is 17.2 Å². The molecule has 1 heterocycles. The van der Waals surface area contributed by atoms with Gasteiger partial charge in [-0.1, -0.05) is 25.1 Å². The van der Waals surface area contributed by atoms with Gasteiger partial charge in [0.05, 0.1) is 14.2 Å². The van der Waals surface area contributed by atoms with E-state index in [1.165, 1.54) is 0 Å². The summed E-state index contributed by atoms with van der Waals surface area (Å²) in [6.45, 7) is 4.38. The average Bonchev–Trinajstić information content (AvgIpc) is 2.91. The maximum Gasteiger partial charge on any atom is 0.264 e. The van der Waals surface area contributed by atoms with Crippen LogP contribution < -0.4 is 14.2 Å². The van der Waals surface area contributed by atoms with Gasteiger partial charge in [-0.15, -0.1) is 0 Å². The second kappa shape index (κ2) is 6.97. The Labute approximate surface area is 124 Å². The van der Waals surface area contributed by atoms with Gasteiger partial charge in [0.1, 0.15) is 0 Å². The molecule has 0 fully saturated rings. The van der Waals surface area contributed by atoms with Gasteiger partial charge < -0.3 is 18.7 Å². The summed E-state index contributed by atoms with van der Waals surface area (Å²) in [5.41, 5.74) is 0. The van der Waals surface area contributed by atoms with Gasteiger partial charge >= 0.3 is 0 Å². The van der Waals surface area contributed by atoms with Gasteiger partial charge in [0.15, 0.2) is 23.9 Å². The van der Waals surface area contributed by atoms with Crippen molar-refractivity contribution < 1.29 is 18.7 Å². The number of aromatic nitrogens is 2. The Morgan fingerprint density at radius 2 is 1.81 bits per heavy atom. The molecule has 0 spiro atoms. The molecule has 6 heteroatoms. The Morgan fingerprint density at radius 1 is 1.14 bits per heavy atom. The number of hydrogen-bond acceptors (Lipinski definition) is 6. The second-order valence-electron chi connectivity index (χ2n) is 4.98. The van der Waals surface area contributed by atoms with Crippen molar-refractivity contribution in [2.24, 2.45) is 5.92 Å². The Morgan fingerprint density at radius 3 is 2.38 bits per heavy atom. The largest absolute Gasteiger partial charge is 0.493 e. The fraction of sp³-hybridized carbons (Fsp3) is 0.467. The van der Waals surface area contributed by atoms with Crippen LogP contribution >= 0.6 is 0 Å². The average molecular weight is 292 g/mol. The summed E-state index contributed by atoms with van der Waals surface area (Å²) in [4.78, 5) is 4.29. The third kappa shape index (κ3) is 3.87. The van der Waals surface area contributed by atoms with E-state index in [4.69, 9.17) is 18.7 Å². The minimum absolute atomic E-state index is 0.168.